The van der Waals surface area contributed by atoms with Crippen LogP contribution in [0.4, 0.5) is 0 Å². The van der Waals surface area contributed by atoms with Crippen molar-refractivity contribution in [3.8, 4) is 0 Å². The van der Waals surface area contributed by atoms with E-state index in [0.29, 0.717) is 11.3 Å². The summed E-state index contributed by atoms with van der Waals surface area (Å²) in [5.74, 6) is 0.261. The fourth-order valence-electron chi connectivity index (χ4n) is 4.15. The second-order valence-corrected chi connectivity index (χ2v) is 7.75. The second-order valence-electron chi connectivity index (χ2n) is 7.75. The Balaban J connectivity index is 1.88. The Morgan fingerprint density at radius 2 is 1.95 bits per heavy atom. The number of nitrogens with two attached hydrogens (primary N) is 1. The maximum absolute atomic E-state index is 12.0. The van der Waals surface area contributed by atoms with Gasteiger partial charge in [0, 0.05) is 0 Å². The van der Waals surface area contributed by atoms with Gasteiger partial charge in [-0.05, 0) is 69.6 Å². The molecule has 4 heteroatoms. The maximum Gasteiger partial charge on any atom is 0.238 e. The van der Waals surface area contributed by atoms with Crippen LogP contribution in [0.2, 0.25) is 0 Å². The third-order valence-corrected chi connectivity index (χ3v) is 5.76. The molecule has 0 spiro atoms. The van der Waals surface area contributed by atoms with Gasteiger partial charge in [-0.1, -0.05) is 27.2 Å². The molecule has 1 amide bonds. The largest absolute Gasteiger partial charge is 0.368 e. The third kappa shape index (κ3) is 3.78. The first kappa shape index (κ1) is 16.8. The number of primary amides is 1. The average molecular weight is 295 g/mol. The highest BCUT2D eigenvalue weighted by molar-refractivity contribution is 5.85. The third-order valence-electron chi connectivity index (χ3n) is 5.76. The molecule has 0 aromatic carbocycles. The highest BCUT2D eigenvalue weighted by atomic mass is 16.1. The molecule has 1 aliphatic carbocycles. The zero-order chi connectivity index (χ0) is 15.5. The van der Waals surface area contributed by atoms with Gasteiger partial charge in [0.2, 0.25) is 5.91 Å². The van der Waals surface area contributed by atoms with Crippen molar-refractivity contribution in [3.63, 3.8) is 0 Å². The molecule has 1 saturated carbocycles. The van der Waals surface area contributed by atoms with E-state index < -0.39 is 5.54 Å². The number of likely N-dealkylation sites (N-methyl/N-ethyl adjacent to an activating group) is 1. The molecule has 2 unspecified atom stereocenters. The van der Waals surface area contributed by atoms with Gasteiger partial charge in [0.1, 0.15) is 5.54 Å². The van der Waals surface area contributed by atoms with Crippen molar-refractivity contribution in [1.82, 2.24) is 10.2 Å². The van der Waals surface area contributed by atoms with Crippen molar-refractivity contribution in [2.45, 2.75) is 64.8 Å². The molecule has 2 rings (SSSR count). The van der Waals surface area contributed by atoms with Gasteiger partial charge in [0.25, 0.3) is 0 Å². The molecule has 1 aliphatic heterocycles. The molecular weight excluding hydrogens is 262 g/mol. The summed E-state index contributed by atoms with van der Waals surface area (Å²) in [6.45, 7) is 11.1. The van der Waals surface area contributed by atoms with Gasteiger partial charge in [-0.25, -0.2) is 0 Å². The number of hydrogen-bond donors (Lipinski definition) is 2. The van der Waals surface area contributed by atoms with E-state index in [4.69, 9.17) is 5.73 Å². The quantitative estimate of drug-likeness (QED) is 0.789. The number of carbonyl (C=O) groups is 1. The molecule has 0 radical (unpaired) electrons. The molecule has 0 aromatic rings. The molecule has 1 saturated heterocycles. The lowest BCUT2D eigenvalue weighted by molar-refractivity contribution is -0.126. The molecule has 122 valence electrons. The number of nitrogens with one attached hydrogen (secondary N) is 1. The first-order valence-corrected chi connectivity index (χ1v) is 8.67. The summed E-state index contributed by atoms with van der Waals surface area (Å²) in [5, 5.41) is 3.42. The SMILES string of the molecule is CCNC1(C(N)=O)CCCC1CCN1CCC(C)(C)CC1. The molecular formula is C17H33N3O. The van der Waals surface area contributed by atoms with E-state index in [9.17, 15) is 4.79 Å². The van der Waals surface area contributed by atoms with E-state index in [0.717, 1.165) is 38.8 Å². The van der Waals surface area contributed by atoms with Gasteiger partial charge < -0.3 is 16.0 Å². The van der Waals surface area contributed by atoms with Gasteiger partial charge in [-0.3, -0.25) is 4.79 Å². The van der Waals surface area contributed by atoms with Crippen LogP contribution in [0.1, 0.15) is 59.3 Å². The first-order chi connectivity index (χ1) is 9.89. The van der Waals surface area contributed by atoms with Gasteiger partial charge in [0.15, 0.2) is 0 Å². The normalized spacial score (nSPS) is 33.2. The van der Waals surface area contributed by atoms with Crippen LogP contribution in [0.5, 0.6) is 0 Å². The Hall–Kier alpha value is -0.610. The summed E-state index contributed by atoms with van der Waals surface area (Å²) in [6.07, 6.45) is 6.82. The highest BCUT2D eigenvalue weighted by Gasteiger charge is 2.46. The smallest absolute Gasteiger partial charge is 0.238 e. The van der Waals surface area contributed by atoms with Gasteiger partial charge in [-0.15, -0.1) is 0 Å². The van der Waals surface area contributed by atoms with Crippen LogP contribution in [-0.2, 0) is 4.79 Å². The van der Waals surface area contributed by atoms with Gasteiger partial charge in [-0.2, -0.15) is 0 Å². The fraction of sp³-hybridized carbons (Fsp3) is 0.941. The topological polar surface area (TPSA) is 58.4 Å². The van der Waals surface area contributed by atoms with E-state index in [1.165, 1.54) is 25.9 Å². The number of likely N-dealkylation sites (tertiary alicyclic amines) is 1. The minimum absolute atomic E-state index is 0.147. The Labute approximate surface area is 129 Å². The maximum atomic E-state index is 12.0. The number of rotatable bonds is 6. The zero-order valence-electron chi connectivity index (χ0n) is 14.1. The number of carbonyl (C=O) groups excluding carboxylic acids is 1. The van der Waals surface area contributed by atoms with E-state index >= 15 is 0 Å². The molecule has 2 fully saturated rings. The Bertz CT molecular complexity index is 359. The van der Waals surface area contributed by atoms with Crippen LogP contribution in [0.3, 0.4) is 0 Å². The summed E-state index contributed by atoms with van der Waals surface area (Å²) >= 11 is 0. The predicted octanol–water partition coefficient (Wildman–Crippen LogP) is 2.13. The molecule has 0 bridgehead atoms. The molecule has 21 heavy (non-hydrogen) atoms. The fourth-order valence-corrected chi connectivity index (χ4v) is 4.15. The molecule has 3 N–H and O–H groups in total. The zero-order valence-corrected chi connectivity index (χ0v) is 14.1. The summed E-state index contributed by atoms with van der Waals surface area (Å²) in [6, 6.07) is 0. The monoisotopic (exact) mass is 295 g/mol. The second kappa shape index (κ2) is 6.66. The lowest BCUT2D eigenvalue weighted by atomic mass is 9.81. The van der Waals surface area contributed by atoms with Crippen LogP contribution in [0.25, 0.3) is 0 Å². The van der Waals surface area contributed by atoms with E-state index in [-0.39, 0.29) is 5.91 Å². The summed E-state index contributed by atoms with van der Waals surface area (Å²) in [7, 11) is 0. The Morgan fingerprint density at radius 1 is 1.29 bits per heavy atom. The lowest BCUT2D eigenvalue weighted by Gasteiger charge is -2.39. The van der Waals surface area contributed by atoms with Crippen LogP contribution in [0.15, 0.2) is 0 Å². The summed E-state index contributed by atoms with van der Waals surface area (Å²) in [5.41, 5.74) is 5.80. The Kier molecular flexibility index (Phi) is 5.31. The van der Waals surface area contributed by atoms with E-state index in [1.54, 1.807) is 0 Å². The average Bonchev–Trinajstić information content (AvgIpc) is 2.82. The number of amides is 1. The van der Waals surface area contributed by atoms with Crippen molar-refractivity contribution in [2.75, 3.05) is 26.2 Å². The first-order valence-electron chi connectivity index (χ1n) is 8.67. The highest BCUT2D eigenvalue weighted by Crippen LogP contribution is 2.38. The molecule has 2 atom stereocenters. The van der Waals surface area contributed by atoms with Crippen molar-refractivity contribution in [1.29, 1.82) is 0 Å². The summed E-state index contributed by atoms with van der Waals surface area (Å²) in [4.78, 5) is 14.6. The number of piperidine rings is 1. The lowest BCUT2D eigenvalue weighted by Crippen LogP contribution is -2.58. The predicted molar refractivity (Wildman–Crippen MR) is 87.0 cm³/mol. The number of nitrogens with zero attached hydrogens (tertiary/aromatic N) is 1. The van der Waals surface area contributed by atoms with Crippen LogP contribution < -0.4 is 11.1 Å². The molecule has 4 nitrogen and oxygen atoms in total. The number of hydrogen-bond acceptors (Lipinski definition) is 3. The van der Waals surface area contributed by atoms with Crippen LogP contribution in [0, 0.1) is 11.3 Å². The van der Waals surface area contributed by atoms with E-state index in [2.05, 4.69) is 31.0 Å². The minimum Gasteiger partial charge on any atom is -0.368 e. The standard InChI is InChI=1S/C17H33N3O/c1-4-19-17(15(18)21)8-5-6-14(17)7-11-20-12-9-16(2,3)10-13-20/h14,19H,4-13H2,1-3H3,(H2,18,21). The van der Waals surface area contributed by atoms with E-state index in [1.807, 2.05) is 0 Å². The Morgan fingerprint density at radius 3 is 2.52 bits per heavy atom. The van der Waals surface area contributed by atoms with Crippen molar-refractivity contribution < 1.29 is 4.79 Å². The summed E-state index contributed by atoms with van der Waals surface area (Å²) < 4.78 is 0. The van der Waals surface area contributed by atoms with Crippen molar-refractivity contribution >= 4 is 5.91 Å². The van der Waals surface area contributed by atoms with Crippen LogP contribution in [-0.4, -0.2) is 42.5 Å². The molecule has 1 heterocycles. The van der Waals surface area contributed by atoms with Crippen LogP contribution >= 0.6 is 0 Å². The minimum atomic E-state index is -0.441. The molecule has 0 aromatic heterocycles. The van der Waals surface area contributed by atoms with Crippen molar-refractivity contribution in [3.05, 3.63) is 0 Å². The van der Waals surface area contributed by atoms with Gasteiger partial charge >= 0.3 is 0 Å². The van der Waals surface area contributed by atoms with Gasteiger partial charge in [0.05, 0.1) is 0 Å². The van der Waals surface area contributed by atoms with Crippen molar-refractivity contribution in [2.24, 2.45) is 17.1 Å². The molecule has 2 aliphatic rings.